The molecule has 0 fully saturated rings. The molecule has 0 amide bonds. The predicted molar refractivity (Wildman–Crippen MR) is 70.4 cm³/mol. The standard InChI is InChI=1S/C13H23N3O/c1-5-7-11-9-12(14-6-2)16-13(15-11)8-10(3)17-4/h9-10H,5-8H2,1-4H3,(H,14,15,16). The van der Waals surface area contributed by atoms with E-state index in [0.717, 1.165) is 43.1 Å². The topological polar surface area (TPSA) is 47.0 Å². The molecule has 0 aromatic carbocycles. The fourth-order valence-electron chi connectivity index (χ4n) is 1.64. The molecule has 1 N–H and O–H groups in total. The molecule has 0 aliphatic carbocycles. The van der Waals surface area contributed by atoms with Crippen LogP contribution in [0, 0.1) is 0 Å². The zero-order valence-electron chi connectivity index (χ0n) is 11.3. The van der Waals surface area contributed by atoms with E-state index in [0.29, 0.717) is 0 Å². The van der Waals surface area contributed by atoms with Crippen LogP contribution in [0.25, 0.3) is 0 Å². The van der Waals surface area contributed by atoms with Crippen molar-refractivity contribution < 1.29 is 4.74 Å². The van der Waals surface area contributed by atoms with Crippen molar-refractivity contribution in [1.29, 1.82) is 0 Å². The molecule has 0 aliphatic heterocycles. The highest BCUT2D eigenvalue weighted by molar-refractivity contribution is 5.36. The van der Waals surface area contributed by atoms with Crippen LogP contribution in [0.5, 0.6) is 0 Å². The summed E-state index contributed by atoms with van der Waals surface area (Å²) in [6, 6.07) is 2.04. The fraction of sp³-hybridized carbons (Fsp3) is 0.692. The molecule has 0 spiro atoms. The number of hydrogen-bond acceptors (Lipinski definition) is 4. The maximum Gasteiger partial charge on any atom is 0.133 e. The molecule has 4 nitrogen and oxygen atoms in total. The molecule has 96 valence electrons. The number of aryl methyl sites for hydroxylation is 1. The Hall–Kier alpha value is -1.16. The van der Waals surface area contributed by atoms with Crippen LogP contribution < -0.4 is 5.32 Å². The van der Waals surface area contributed by atoms with Crippen LogP contribution in [0.15, 0.2) is 6.07 Å². The average molecular weight is 237 g/mol. The number of rotatable bonds is 7. The Labute approximate surface area is 104 Å². The first-order chi connectivity index (χ1) is 8.19. The third-order valence-corrected chi connectivity index (χ3v) is 2.56. The second kappa shape index (κ2) is 7.22. The molecular formula is C13H23N3O. The van der Waals surface area contributed by atoms with E-state index in [1.54, 1.807) is 7.11 Å². The molecule has 1 unspecified atom stereocenters. The van der Waals surface area contributed by atoms with Gasteiger partial charge in [0.05, 0.1) is 6.10 Å². The van der Waals surface area contributed by atoms with Gasteiger partial charge in [-0.3, -0.25) is 0 Å². The van der Waals surface area contributed by atoms with Gasteiger partial charge in [-0.2, -0.15) is 0 Å². The third-order valence-electron chi connectivity index (χ3n) is 2.56. The predicted octanol–water partition coefficient (Wildman–Crippen LogP) is 2.44. The summed E-state index contributed by atoms with van der Waals surface area (Å²) in [7, 11) is 1.71. The van der Waals surface area contributed by atoms with E-state index in [1.165, 1.54) is 0 Å². The van der Waals surface area contributed by atoms with E-state index in [4.69, 9.17) is 4.74 Å². The number of ether oxygens (including phenoxy) is 1. The zero-order chi connectivity index (χ0) is 12.7. The number of nitrogens with one attached hydrogen (secondary N) is 1. The monoisotopic (exact) mass is 237 g/mol. The minimum atomic E-state index is 0.154. The fourth-order valence-corrected chi connectivity index (χ4v) is 1.64. The lowest BCUT2D eigenvalue weighted by Gasteiger charge is -2.11. The van der Waals surface area contributed by atoms with Crippen molar-refractivity contribution in [2.45, 2.75) is 46.1 Å². The number of hydrogen-bond donors (Lipinski definition) is 1. The van der Waals surface area contributed by atoms with Crippen molar-refractivity contribution in [3.63, 3.8) is 0 Å². The van der Waals surface area contributed by atoms with Crippen LogP contribution in [0.3, 0.4) is 0 Å². The summed E-state index contributed by atoms with van der Waals surface area (Å²) in [5.74, 6) is 1.78. The summed E-state index contributed by atoms with van der Waals surface area (Å²) in [6.45, 7) is 7.14. The summed E-state index contributed by atoms with van der Waals surface area (Å²) in [4.78, 5) is 9.05. The average Bonchev–Trinajstić information content (AvgIpc) is 2.29. The quantitative estimate of drug-likeness (QED) is 0.791. The summed E-state index contributed by atoms with van der Waals surface area (Å²) >= 11 is 0. The van der Waals surface area contributed by atoms with E-state index in [-0.39, 0.29) is 6.10 Å². The van der Waals surface area contributed by atoms with Crippen molar-refractivity contribution in [3.05, 3.63) is 17.6 Å². The van der Waals surface area contributed by atoms with Crippen LogP contribution in [0.4, 0.5) is 5.82 Å². The Morgan fingerprint density at radius 2 is 2.12 bits per heavy atom. The maximum absolute atomic E-state index is 5.25. The minimum absolute atomic E-state index is 0.154. The first kappa shape index (κ1) is 13.9. The SMILES string of the molecule is CCCc1cc(NCC)nc(CC(C)OC)n1. The molecule has 1 aromatic rings. The van der Waals surface area contributed by atoms with Crippen LogP contribution in [0.2, 0.25) is 0 Å². The van der Waals surface area contributed by atoms with Gasteiger partial charge in [0.15, 0.2) is 0 Å². The Morgan fingerprint density at radius 1 is 1.35 bits per heavy atom. The van der Waals surface area contributed by atoms with Crippen molar-refractivity contribution in [1.82, 2.24) is 9.97 Å². The summed E-state index contributed by atoms with van der Waals surface area (Å²) in [6.07, 6.45) is 3.00. The molecule has 1 heterocycles. The first-order valence-electron chi connectivity index (χ1n) is 6.33. The van der Waals surface area contributed by atoms with Gasteiger partial charge in [-0.25, -0.2) is 9.97 Å². The van der Waals surface area contributed by atoms with Gasteiger partial charge in [-0.05, 0) is 20.3 Å². The largest absolute Gasteiger partial charge is 0.381 e. The van der Waals surface area contributed by atoms with Crippen molar-refractivity contribution >= 4 is 5.82 Å². The van der Waals surface area contributed by atoms with Crippen molar-refractivity contribution in [2.24, 2.45) is 0 Å². The first-order valence-corrected chi connectivity index (χ1v) is 6.33. The minimum Gasteiger partial charge on any atom is -0.381 e. The normalized spacial score (nSPS) is 12.5. The van der Waals surface area contributed by atoms with Gasteiger partial charge < -0.3 is 10.1 Å². The Kier molecular flexibility index (Phi) is 5.91. The molecule has 0 bridgehead atoms. The molecule has 4 heteroatoms. The van der Waals surface area contributed by atoms with E-state index >= 15 is 0 Å². The third kappa shape index (κ3) is 4.69. The summed E-state index contributed by atoms with van der Waals surface area (Å²) < 4.78 is 5.25. The summed E-state index contributed by atoms with van der Waals surface area (Å²) in [5, 5.41) is 3.25. The molecule has 0 radical (unpaired) electrons. The second-order valence-electron chi connectivity index (χ2n) is 4.19. The number of anilines is 1. The second-order valence-corrected chi connectivity index (χ2v) is 4.19. The molecule has 1 rings (SSSR count). The highest BCUT2D eigenvalue weighted by Gasteiger charge is 2.08. The molecule has 1 aromatic heterocycles. The van der Waals surface area contributed by atoms with Gasteiger partial charge in [-0.1, -0.05) is 13.3 Å². The van der Waals surface area contributed by atoms with Gasteiger partial charge in [0, 0.05) is 31.8 Å². The lowest BCUT2D eigenvalue weighted by atomic mass is 10.2. The van der Waals surface area contributed by atoms with Crippen molar-refractivity contribution in [3.8, 4) is 0 Å². The van der Waals surface area contributed by atoms with Gasteiger partial charge in [0.25, 0.3) is 0 Å². The lowest BCUT2D eigenvalue weighted by molar-refractivity contribution is 0.117. The van der Waals surface area contributed by atoms with E-state index in [2.05, 4.69) is 29.1 Å². The Balaban J connectivity index is 2.86. The number of methoxy groups -OCH3 is 1. The van der Waals surface area contributed by atoms with Gasteiger partial charge >= 0.3 is 0 Å². The molecule has 1 atom stereocenters. The summed E-state index contributed by atoms with van der Waals surface area (Å²) in [5.41, 5.74) is 1.11. The van der Waals surface area contributed by atoms with E-state index in [9.17, 15) is 0 Å². The molecule has 0 saturated heterocycles. The smallest absolute Gasteiger partial charge is 0.133 e. The van der Waals surface area contributed by atoms with Crippen LogP contribution in [-0.4, -0.2) is 29.7 Å². The molecule has 0 aliphatic rings. The Bertz CT molecular complexity index is 317. The molecular weight excluding hydrogens is 214 g/mol. The highest BCUT2D eigenvalue weighted by atomic mass is 16.5. The van der Waals surface area contributed by atoms with Crippen molar-refractivity contribution in [2.75, 3.05) is 19.0 Å². The van der Waals surface area contributed by atoms with Gasteiger partial charge in [-0.15, -0.1) is 0 Å². The van der Waals surface area contributed by atoms with E-state index in [1.807, 2.05) is 13.0 Å². The number of nitrogens with zero attached hydrogens (tertiary/aromatic N) is 2. The van der Waals surface area contributed by atoms with Gasteiger partial charge in [0.1, 0.15) is 11.6 Å². The lowest BCUT2D eigenvalue weighted by Crippen LogP contribution is -2.13. The van der Waals surface area contributed by atoms with Crippen LogP contribution in [0.1, 0.15) is 38.7 Å². The highest BCUT2D eigenvalue weighted by Crippen LogP contribution is 2.10. The van der Waals surface area contributed by atoms with Crippen LogP contribution >= 0.6 is 0 Å². The number of aromatic nitrogens is 2. The zero-order valence-corrected chi connectivity index (χ0v) is 11.3. The van der Waals surface area contributed by atoms with Crippen LogP contribution in [-0.2, 0) is 17.6 Å². The molecule has 17 heavy (non-hydrogen) atoms. The molecule has 0 saturated carbocycles. The van der Waals surface area contributed by atoms with Gasteiger partial charge in [0.2, 0.25) is 0 Å². The maximum atomic E-state index is 5.25. The van der Waals surface area contributed by atoms with E-state index < -0.39 is 0 Å². The Morgan fingerprint density at radius 3 is 2.71 bits per heavy atom.